The van der Waals surface area contributed by atoms with Crippen molar-refractivity contribution in [2.24, 2.45) is 0 Å². The lowest BCUT2D eigenvalue weighted by molar-refractivity contribution is -0.139. The Morgan fingerprint density at radius 1 is 1.55 bits per heavy atom. The van der Waals surface area contributed by atoms with Crippen LogP contribution < -0.4 is 0 Å². The molecule has 0 spiro atoms. The molecule has 1 atom stereocenters. The number of alkyl halides is 3. The van der Waals surface area contributed by atoms with Crippen LogP contribution in [0, 0.1) is 18.3 Å². The maximum absolute atomic E-state index is 12.9. The van der Waals surface area contributed by atoms with Gasteiger partial charge in [-0.15, -0.1) is 0 Å². The molecule has 20 heavy (non-hydrogen) atoms. The van der Waals surface area contributed by atoms with Gasteiger partial charge in [-0.1, -0.05) is 11.8 Å². The van der Waals surface area contributed by atoms with Gasteiger partial charge in [-0.25, -0.2) is 4.98 Å². The Morgan fingerprint density at radius 2 is 2.15 bits per heavy atom. The van der Waals surface area contributed by atoms with Crippen LogP contribution in [0.25, 0.3) is 0 Å². The van der Waals surface area contributed by atoms with E-state index in [-0.39, 0.29) is 10.7 Å². The van der Waals surface area contributed by atoms with Gasteiger partial charge in [-0.2, -0.15) is 18.4 Å². The summed E-state index contributed by atoms with van der Waals surface area (Å²) >= 11 is 0.764. The van der Waals surface area contributed by atoms with E-state index in [2.05, 4.69) is 9.72 Å². The van der Waals surface area contributed by atoms with E-state index < -0.39 is 28.5 Å². The molecule has 1 aromatic heterocycles. The van der Waals surface area contributed by atoms with Crippen molar-refractivity contribution < 1.29 is 22.7 Å². The minimum Gasteiger partial charge on any atom is -0.468 e. The minimum absolute atomic E-state index is 0.121. The Hall–Kier alpha value is -1.75. The van der Waals surface area contributed by atoms with E-state index in [4.69, 9.17) is 5.26 Å². The molecule has 1 rings (SSSR count). The molecule has 108 valence electrons. The standard InChI is InChI=1S/C12H11F3N2O2S/c1-6-4-9(12(13,14)15)8(5-16)10(17-6)20-7(2)11(18)19-3/h4,7H,1-3H3/t7-/m0/s1. The first-order valence-corrected chi connectivity index (χ1v) is 6.32. The number of carbonyl (C=O) groups excluding carboxylic acids is 1. The highest BCUT2D eigenvalue weighted by molar-refractivity contribution is 8.00. The number of aryl methyl sites for hydroxylation is 1. The SMILES string of the molecule is COC(=O)[C@H](C)Sc1nc(C)cc(C(F)(F)F)c1C#N. The Balaban J connectivity index is 3.31. The lowest BCUT2D eigenvalue weighted by Crippen LogP contribution is -2.16. The van der Waals surface area contributed by atoms with Crippen LogP contribution in [0.2, 0.25) is 0 Å². The third-order valence-electron chi connectivity index (χ3n) is 2.35. The zero-order chi connectivity index (χ0) is 15.5. The number of nitrogens with zero attached hydrogens (tertiary/aromatic N) is 2. The number of hydrogen-bond donors (Lipinski definition) is 0. The summed E-state index contributed by atoms with van der Waals surface area (Å²) in [5, 5.41) is 8.05. The molecule has 0 aliphatic heterocycles. The summed E-state index contributed by atoms with van der Waals surface area (Å²) in [5.41, 5.74) is -1.51. The fourth-order valence-corrected chi connectivity index (χ4v) is 2.44. The van der Waals surface area contributed by atoms with Crippen molar-refractivity contribution in [3.63, 3.8) is 0 Å². The van der Waals surface area contributed by atoms with Crippen LogP contribution in [-0.2, 0) is 15.7 Å². The zero-order valence-corrected chi connectivity index (χ0v) is 11.7. The molecule has 8 heteroatoms. The third kappa shape index (κ3) is 3.63. The molecule has 0 aromatic carbocycles. The summed E-state index contributed by atoms with van der Waals surface area (Å²) in [6.07, 6.45) is -4.65. The van der Waals surface area contributed by atoms with Crippen LogP contribution in [0.15, 0.2) is 11.1 Å². The number of halogens is 3. The van der Waals surface area contributed by atoms with Crippen LogP contribution in [-0.4, -0.2) is 23.3 Å². The van der Waals surface area contributed by atoms with Crippen molar-refractivity contribution in [1.82, 2.24) is 4.98 Å². The second-order valence-electron chi connectivity index (χ2n) is 3.88. The molecule has 0 saturated carbocycles. The van der Waals surface area contributed by atoms with Gasteiger partial charge in [-0.05, 0) is 19.9 Å². The molecule has 0 radical (unpaired) electrons. The van der Waals surface area contributed by atoms with E-state index >= 15 is 0 Å². The summed E-state index contributed by atoms with van der Waals surface area (Å²) in [5.74, 6) is -0.601. The van der Waals surface area contributed by atoms with Crippen molar-refractivity contribution >= 4 is 17.7 Å². The second-order valence-corrected chi connectivity index (χ2v) is 5.21. The van der Waals surface area contributed by atoms with Crippen LogP contribution in [0.5, 0.6) is 0 Å². The monoisotopic (exact) mass is 304 g/mol. The average Bonchev–Trinajstić information content (AvgIpc) is 2.36. The fourth-order valence-electron chi connectivity index (χ4n) is 1.44. The van der Waals surface area contributed by atoms with Crippen LogP contribution >= 0.6 is 11.8 Å². The molecule has 0 fully saturated rings. The van der Waals surface area contributed by atoms with Gasteiger partial charge in [0.25, 0.3) is 0 Å². The molecule has 0 bridgehead atoms. The predicted molar refractivity (Wildman–Crippen MR) is 66.0 cm³/mol. The number of rotatable bonds is 3. The van der Waals surface area contributed by atoms with Gasteiger partial charge in [0, 0.05) is 5.69 Å². The number of esters is 1. The van der Waals surface area contributed by atoms with E-state index in [9.17, 15) is 18.0 Å². The van der Waals surface area contributed by atoms with Crippen LogP contribution in [0.3, 0.4) is 0 Å². The van der Waals surface area contributed by atoms with Gasteiger partial charge in [-0.3, -0.25) is 4.79 Å². The molecule has 0 aliphatic rings. The maximum atomic E-state index is 12.9. The number of hydrogen-bond acceptors (Lipinski definition) is 5. The summed E-state index contributed by atoms with van der Waals surface area (Å²) in [6.45, 7) is 2.86. The maximum Gasteiger partial charge on any atom is 0.417 e. The largest absolute Gasteiger partial charge is 0.468 e. The molecule has 0 amide bonds. The third-order valence-corrected chi connectivity index (χ3v) is 3.42. The lowest BCUT2D eigenvalue weighted by Gasteiger charge is -2.14. The Bertz CT molecular complexity index is 567. The number of nitriles is 1. The first kappa shape index (κ1) is 16.3. The molecular weight excluding hydrogens is 293 g/mol. The van der Waals surface area contributed by atoms with Gasteiger partial charge in [0.2, 0.25) is 0 Å². The topological polar surface area (TPSA) is 63.0 Å². The van der Waals surface area contributed by atoms with Gasteiger partial charge in [0.15, 0.2) is 0 Å². The Morgan fingerprint density at radius 3 is 2.60 bits per heavy atom. The number of thioether (sulfide) groups is 1. The summed E-state index contributed by atoms with van der Waals surface area (Å²) < 4.78 is 43.1. The minimum atomic E-state index is -4.65. The fraction of sp³-hybridized carbons (Fsp3) is 0.417. The van der Waals surface area contributed by atoms with E-state index in [0.29, 0.717) is 0 Å². The van der Waals surface area contributed by atoms with E-state index in [0.717, 1.165) is 17.8 Å². The van der Waals surface area contributed by atoms with Gasteiger partial charge < -0.3 is 4.74 Å². The van der Waals surface area contributed by atoms with E-state index in [1.54, 1.807) is 0 Å². The molecule has 0 unspecified atom stereocenters. The summed E-state index contributed by atoms with van der Waals surface area (Å²) in [7, 11) is 1.18. The van der Waals surface area contributed by atoms with Gasteiger partial charge >= 0.3 is 12.1 Å². The molecule has 1 aromatic rings. The molecule has 0 N–H and O–H groups in total. The molecular formula is C12H11F3N2O2S. The molecule has 4 nitrogen and oxygen atoms in total. The normalized spacial score (nSPS) is 12.7. The quantitative estimate of drug-likeness (QED) is 0.634. The number of aromatic nitrogens is 1. The van der Waals surface area contributed by atoms with E-state index in [1.165, 1.54) is 27.0 Å². The average molecular weight is 304 g/mol. The van der Waals surface area contributed by atoms with Crippen molar-refractivity contribution in [2.75, 3.05) is 7.11 Å². The lowest BCUT2D eigenvalue weighted by atomic mass is 10.1. The number of carbonyl (C=O) groups is 1. The van der Waals surface area contributed by atoms with Crippen LogP contribution in [0.4, 0.5) is 13.2 Å². The number of methoxy groups -OCH3 is 1. The van der Waals surface area contributed by atoms with Gasteiger partial charge in [0.05, 0.1) is 18.2 Å². The zero-order valence-electron chi connectivity index (χ0n) is 10.9. The van der Waals surface area contributed by atoms with Gasteiger partial charge in [0.1, 0.15) is 16.3 Å². The highest BCUT2D eigenvalue weighted by atomic mass is 32.2. The summed E-state index contributed by atoms with van der Waals surface area (Å²) in [4.78, 5) is 15.2. The highest BCUT2D eigenvalue weighted by Gasteiger charge is 2.36. The molecule has 1 heterocycles. The Labute approximate surface area is 117 Å². The highest BCUT2D eigenvalue weighted by Crippen LogP contribution is 2.36. The number of pyridine rings is 1. The van der Waals surface area contributed by atoms with Crippen molar-refractivity contribution in [3.8, 4) is 6.07 Å². The predicted octanol–water partition coefficient (Wildman–Crippen LogP) is 2.93. The second kappa shape index (κ2) is 6.13. The van der Waals surface area contributed by atoms with Crippen molar-refractivity contribution in [2.45, 2.75) is 30.3 Å². The molecule has 0 aliphatic carbocycles. The van der Waals surface area contributed by atoms with Crippen LogP contribution in [0.1, 0.15) is 23.7 Å². The Kier molecular flexibility index (Phi) is 5.00. The number of ether oxygens (including phenoxy) is 1. The first-order chi connectivity index (χ1) is 9.20. The smallest absolute Gasteiger partial charge is 0.417 e. The molecule has 0 saturated heterocycles. The van der Waals surface area contributed by atoms with E-state index in [1.807, 2.05) is 0 Å². The summed E-state index contributed by atoms with van der Waals surface area (Å²) in [6, 6.07) is 2.32. The van der Waals surface area contributed by atoms with Crippen molar-refractivity contribution in [1.29, 1.82) is 5.26 Å². The van der Waals surface area contributed by atoms with Crippen molar-refractivity contribution in [3.05, 3.63) is 22.9 Å². The first-order valence-electron chi connectivity index (χ1n) is 5.44.